The van der Waals surface area contributed by atoms with E-state index in [2.05, 4.69) is 12.1 Å². The fourth-order valence-electron chi connectivity index (χ4n) is 2.41. The first-order chi connectivity index (χ1) is 8.15. The van der Waals surface area contributed by atoms with Crippen LogP contribution in [0.1, 0.15) is 0 Å². The normalized spacial score (nSPS) is 38.0. The molecule has 1 aliphatic heterocycles. The number of halogens is 4. The smallest absolute Gasteiger partial charge is 0.0939 e. The molecule has 0 bridgehead atoms. The topological polar surface area (TPSA) is 0 Å². The maximum absolute atomic E-state index is 6.52. The van der Waals surface area contributed by atoms with Gasteiger partial charge in [-0.3, -0.25) is 0 Å². The largest absolute Gasteiger partial charge is 0.126 e. The van der Waals surface area contributed by atoms with E-state index in [4.69, 9.17) is 46.4 Å². The summed E-state index contributed by atoms with van der Waals surface area (Å²) in [5.41, 5.74) is 0. The summed E-state index contributed by atoms with van der Waals surface area (Å²) in [6.07, 6.45) is 0. The molecule has 0 amide bonds. The molecule has 5 unspecified atom stereocenters. The Morgan fingerprint density at radius 2 is 1.76 bits per heavy atom. The minimum Gasteiger partial charge on any atom is -0.126 e. The van der Waals surface area contributed by atoms with Crippen LogP contribution >= 0.6 is 46.4 Å². The molecule has 0 N–H and O–H groups in total. The fraction of sp³-hybridized carbons (Fsp3) is 0.500. The highest BCUT2D eigenvalue weighted by molar-refractivity contribution is 6.82. The van der Waals surface area contributed by atoms with Crippen molar-refractivity contribution in [3.05, 3.63) is 30.3 Å². The van der Waals surface area contributed by atoms with E-state index < -0.39 is 8.80 Å². The van der Waals surface area contributed by atoms with Gasteiger partial charge < -0.3 is 0 Å². The first-order valence-corrected chi connectivity index (χ1v) is 9.58. The maximum Gasteiger partial charge on any atom is 0.0939 e. The van der Waals surface area contributed by atoms with Crippen LogP contribution in [0.4, 0.5) is 0 Å². The van der Waals surface area contributed by atoms with Crippen LogP contribution in [0.2, 0.25) is 6.04 Å². The van der Waals surface area contributed by atoms with Crippen LogP contribution in [0.5, 0.6) is 0 Å². The van der Waals surface area contributed by atoms with Crippen molar-refractivity contribution in [2.75, 3.05) is 5.88 Å². The summed E-state index contributed by atoms with van der Waals surface area (Å²) in [7, 11) is -1.30. The van der Waals surface area contributed by atoms with E-state index >= 15 is 0 Å². The SMILES string of the molecule is ClCC1C(Cl)C[SiH](c2ccccc2)C(Cl)C1Cl. The van der Waals surface area contributed by atoms with Gasteiger partial charge in [0.05, 0.1) is 14.2 Å². The first-order valence-electron chi connectivity index (χ1n) is 5.68. The molecule has 1 aliphatic rings. The summed E-state index contributed by atoms with van der Waals surface area (Å²) < 4.78 is 0. The molecule has 2 rings (SSSR count). The van der Waals surface area contributed by atoms with Crippen LogP contribution in [0, 0.1) is 5.92 Å². The van der Waals surface area contributed by atoms with Crippen LogP contribution in [-0.2, 0) is 0 Å². The van der Waals surface area contributed by atoms with Crippen molar-refractivity contribution in [1.82, 2.24) is 0 Å². The molecule has 94 valence electrons. The quantitative estimate of drug-likeness (QED) is 0.577. The summed E-state index contributed by atoms with van der Waals surface area (Å²) in [5, 5.41) is 1.32. The maximum atomic E-state index is 6.52. The molecular formula is C12H14Cl4Si. The van der Waals surface area contributed by atoms with Crippen molar-refractivity contribution >= 4 is 60.4 Å². The van der Waals surface area contributed by atoms with E-state index in [1.165, 1.54) is 5.19 Å². The number of alkyl halides is 4. The third-order valence-corrected chi connectivity index (χ3v) is 10.2. The molecule has 5 atom stereocenters. The van der Waals surface area contributed by atoms with Crippen molar-refractivity contribution in [3.63, 3.8) is 0 Å². The molecule has 0 nitrogen and oxygen atoms in total. The molecule has 17 heavy (non-hydrogen) atoms. The molecule has 0 aliphatic carbocycles. The van der Waals surface area contributed by atoms with Gasteiger partial charge in [-0.1, -0.05) is 35.5 Å². The third kappa shape index (κ3) is 2.95. The summed E-state index contributed by atoms with van der Waals surface area (Å²) >= 11 is 25.2. The zero-order chi connectivity index (χ0) is 12.4. The number of hydrogen-bond donors (Lipinski definition) is 0. The van der Waals surface area contributed by atoms with Gasteiger partial charge >= 0.3 is 0 Å². The lowest BCUT2D eigenvalue weighted by atomic mass is 10.0. The van der Waals surface area contributed by atoms with Gasteiger partial charge in [-0.05, 0) is 6.04 Å². The highest BCUT2D eigenvalue weighted by Crippen LogP contribution is 2.36. The number of hydrogen-bond acceptors (Lipinski definition) is 0. The second-order valence-corrected chi connectivity index (χ2v) is 9.84. The molecule has 0 spiro atoms. The van der Waals surface area contributed by atoms with Crippen molar-refractivity contribution in [2.24, 2.45) is 5.92 Å². The number of rotatable bonds is 2. The monoisotopic (exact) mass is 326 g/mol. The van der Waals surface area contributed by atoms with Gasteiger partial charge in [-0.25, -0.2) is 0 Å². The molecule has 1 saturated heterocycles. The Morgan fingerprint density at radius 1 is 1.12 bits per heavy atom. The highest BCUT2D eigenvalue weighted by atomic mass is 35.5. The Morgan fingerprint density at radius 3 is 2.35 bits per heavy atom. The zero-order valence-corrected chi connectivity index (χ0v) is 13.4. The Labute approximate surface area is 124 Å². The van der Waals surface area contributed by atoms with Crippen LogP contribution in [-0.4, -0.2) is 30.4 Å². The summed E-state index contributed by atoms with van der Waals surface area (Å²) in [5.74, 6) is 0.608. The second kappa shape index (κ2) is 6.16. The standard InChI is InChI=1S/C12H14Cl4Si/c13-6-9-10(14)7-17(12(16)11(9)15)8-4-2-1-3-5-8/h1-5,9-12,17H,6-7H2. The van der Waals surface area contributed by atoms with E-state index in [0.717, 1.165) is 6.04 Å². The Balaban J connectivity index is 2.21. The molecule has 0 saturated carbocycles. The van der Waals surface area contributed by atoms with Gasteiger partial charge in [0.25, 0.3) is 0 Å². The molecule has 0 aromatic heterocycles. The van der Waals surface area contributed by atoms with Crippen molar-refractivity contribution < 1.29 is 0 Å². The second-order valence-electron chi connectivity index (χ2n) is 4.48. The first kappa shape index (κ1) is 14.0. The molecule has 1 heterocycles. The van der Waals surface area contributed by atoms with E-state index in [0.29, 0.717) is 5.88 Å². The van der Waals surface area contributed by atoms with Crippen molar-refractivity contribution in [3.8, 4) is 0 Å². The van der Waals surface area contributed by atoms with Gasteiger partial charge in [0, 0.05) is 22.2 Å². The van der Waals surface area contributed by atoms with Gasteiger partial charge in [-0.2, -0.15) is 0 Å². The number of benzene rings is 1. The average molecular weight is 328 g/mol. The van der Waals surface area contributed by atoms with E-state index in [1.54, 1.807) is 0 Å². The minimum atomic E-state index is -1.30. The van der Waals surface area contributed by atoms with Crippen LogP contribution < -0.4 is 5.19 Å². The predicted octanol–water partition coefficient (Wildman–Crippen LogP) is 3.35. The molecule has 1 aromatic carbocycles. The third-order valence-electron chi connectivity index (χ3n) is 3.45. The van der Waals surface area contributed by atoms with Gasteiger partial charge in [0.2, 0.25) is 0 Å². The molecule has 1 aromatic rings. The average Bonchev–Trinajstić information content (AvgIpc) is 2.35. The minimum absolute atomic E-state index is 0.0258. The molecule has 0 radical (unpaired) electrons. The lowest BCUT2D eigenvalue weighted by molar-refractivity contribution is 0.531. The van der Waals surface area contributed by atoms with Crippen molar-refractivity contribution in [1.29, 1.82) is 0 Å². The van der Waals surface area contributed by atoms with Crippen LogP contribution in [0.25, 0.3) is 0 Å². The Hall–Kier alpha value is 0.597. The summed E-state index contributed by atoms with van der Waals surface area (Å²) in [4.78, 5) is 0. The summed E-state index contributed by atoms with van der Waals surface area (Å²) in [6.45, 7) is 0. The molecule has 1 fully saturated rings. The van der Waals surface area contributed by atoms with Gasteiger partial charge in [-0.15, -0.1) is 46.4 Å². The van der Waals surface area contributed by atoms with Crippen molar-refractivity contribution in [2.45, 2.75) is 21.8 Å². The van der Waals surface area contributed by atoms with Crippen LogP contribution in [0.15, 0.2) is 30.3 Å². The molecule has 5 heteroatoms. The lowest BCUT2D eigenvalue weighted by Gasteiger charge is -2.38. The Bertz CT molecular complexity index is 359. The molecular weight excluding hydrogens is 314 g/mol. The van der Waals surface area contributed by atoms with E-state index in [-0.39, 0.29) is 21.7 Å². The Kier molecular flexibility index (Phi) is 5.08. The van der Waals surface area contributed by atoms with E-state index in [9.17, 15) is 0 Å². The van der Waals surface area contributed by atoms with E-state index in [1.807, 2.05) is 18.2 Å². The predicted molar refractivity (Wildman–Crippen MR) is 81.2 cm³/mol. The fourth-order valence-corrected chi connectivity index (χ4v) is 8.80. The van der Waals surface area contributed by atoms with Crippen LogP contribution in [0.3, 0.4) is 0 Å². The zero-order valence-electron chi connectivity index (χ0n) is 9.20. The summed E-state index contributed by atoms with van der Waals surface area (Å²) in [6, 6.07) is 11.4. The lowest BCUT2D eigenvalue weighted by Crippen LogP contribution is -2.54. The van der Waals surface area contributed by atoms with Gasteiger partial charge in [0.15, 0.2) is 0 Å². The van der Waals surface area contributed by atoms with Gasteiger partial charge in [0.1, 0.15) is 0 Å². The highest BCUT2D eigenvalue weighted by Gasteiger charge is 2.43.